The zero-order valence-corrected chi connectivity index (χ0v) is 14.6. The monoisotopic (exact) mass is 297 g/mol. The Morgan fingerprint density at radius 2 is 1.57 bits per heavy atom. The molecule has 0 aromatic carbocycles. The van der Waals surface area contributed by atoms with E-state index in [9.17, 15) is 4.79 Å². The van der Waals surface area contributed by atoms with E-state index in [1.165, 1.54) is 32.1 Å². The summed E-state index contributed by atoms with van der Waals surface area (Å²) >= 11 is 0. The SMILES string of the molecule is C=C(C)C(=O)OCCCCCCCCC(C)N(CC)CC. The third kappa shape index (κ3) is 10.5. The van der Waals surface area contributed by atoms with Crippen molar-refractivity contribution < 1.29 is 9.53 Å². The topological polar surface area (TPSA) is 29.5 Å². The summed E-state index contributed by atoms with van der Waals surface area (Å²) in [5.41, 5.74) is 0.484. The number of carbonyl (C=O) groups excluding carboxylic acids is 1. The highest BCUT2D eigenvalue weighted by Crippen LogP contribution is 2.12. The van der Waals surface area contributed by atoms with E-state index in [0.717, 1.165) is 25.9 Å². The van der Waals surface area contributed by atoms with Gasteiger partial charge in [-0.05, 0) is 39.8 Å². The van der Waals surface area contributed by atoms with Crippen molar-refractivity contribution in [3.05, 3.63) is 12.2 Å². The van der Waals surface area contributed by atoms with Gasteiger partial charge in [0, 0.05) is 11.6 Å². The first kappa shape index (κ1) is 20.2. The number of ether oxygens (including phenoxy) is 1. The molecule has 0 heterocycles. The van der Waals surface area contributed by atoms with Crippen LogP contribution in [0.25, 0.3) is 0 Å². The van der Waals surface area contributed by atoms with Crippen LogP contribution in [-0.4, -0.2) is 36.6 Å². The maximum atomic E-state index is 11.2. The third-order valence-electron chi connectivity index (χ3n) is 4.03. The van der Waals surface area contributed by atoms with Gasteiger partial charge in [-0.3, -0.25) is 0 Å². The van der Waals surface area contributed by atoms with E-state index < -0.39 is 0 Å². The molecular weight excluding hydrogens is 262 g/mol. The normalized spacial score (nSPS) is 12.4. The molecule has 1 unspecified atom stereocenters. The molecule has 0 aliphatic rings. The van der Waals surface area contributed by atoms with Gasteiger partial charge in [0.15, 0.2) is 0 Å². The minimum atomic E-state index is -0.264. The quantitative estimate of drug-likeness (QED) is 0.283. The number of hydrogen-bond acceptors (Lipinski definition) is 3. The molecule has 21 heavy (non-hydrogen) atoms. The molecule has 0 rings (SSSR count). The standard InChI is InChI=1S/C18H35NO2/c1-6-19(7-2)17(5)14-12-10-8-9-11-13-15-21-18(20)16(3)4/h17H,3,6-15H2,1-2,4-5H3. The van der Waals surface area contributed by atoms with Gasteiger partial charge in [0.2, 0.25) is 0 Å². The number of carbonyl (C=O) groups is 1. The highest BCUT2D eigenvalue weighted by atomic mass is 16.5. The van der Waals surface area contributed by atoms with Crippen molar-refractivity contribution in [2.24, 2.45) is 0 Å². The first-order valence-electron chi connectivity index (χ1n) is 8.59. The first-order valence-corrected chi connectivity index (χ1v) is 8.59. The molecule has 0 saturated carbocycles. The zero-order valence-electron chi connectivity index (χ0n) is 14.6. The number of rotatable bonds is 13. The van der Waals surface area contributed by atoms with Crippen LogP contribution in [0.5, 0.6) is 0 Å². The van der Waals surface area contributed by atoms with Crippen molar-refractivity contribution >= 4 is 5.97 Å². The van der Waals surface area contributed by atoms with Crippen LogP contribution >= 0.6 is 0 Å². The van der Waals surface area contributed by atoms with Gasteiger partial charge in [0.25, 0.3) is 0 Å². The lowest BCUT2D eigenvalue weighted by Gasteiger charge is -2.26. The Morgan fingerprint density at radius 3 is 2.10 bits per heavy atom. The predicted molar refractivity (Wildman–Crippen MR) is 90.5 cm³/mol. The summed E-state index contributed by atoms with van der Waals surface area (Å²) in [5, 5.41) is 0. The number of nitrogens with zero attached hydrogens (tertiary/aromatic N) is 1. The molecule has 3 nitrogen and oxygen atoms in total. The fourth-order valence-electron chi connectivity index (χ4n) is 2.57. The van der Waals surface area contributed by atoms with Crippen molar-refractivity contribution in [1.29, 1.82) is 0 Å². The van der Waals surface area contributed by atoms with E-state index in [2.05, 4.69) is 32.3 Å². The van der Waals surface area contributed by atoms with Crippen molar-refractivity contribution in [2.75, 3.05) is 19.7 Å². The minimum Gasteiger partial charge on any atom is -0.462 e. The van der Waals surface area contributed by atoms with Crippen LogP contribution in [0.1, 0.15) is 72.6 Å². The highest BCUT2D eigenvalue weighted by Gasteiger charge is 2.08. The van der Waals surface area contributed by atoms with Crippen molar-refractivity contribution in [1.82, 2.24) is 4.90 Å². The lowest BCUT2D eigenvalue weighted by molar-refractivity contribution is -0.139. The molecule has 124 valence electrons. The molecule has 1 atom stereocenters. The van der Waals surface area contributed by atoms with E-state index in [-0.39, 0.29) is 5.97 Å². The van der Waals surface area contributed by atoms with Gasteiger partial charge in [-0.15, -0.1) is 0 Å². The largest absolute Gasteiger partial charge is 0.462 e. The fourth-order valence-corrected chi connectivity index (χ4v) is 2.57. The van der Waals surface area contributed by atoms with Crippen molar-refractivity contribution in [3.63, 3.8) is 0 Å². The summed E-state index contributed by atoms with van der Waals surface area (Å²) in [5.74, 6) is -0.264. The average molecular weight is 297 g/mol. The lowest BCUT2D eigenvalue weighted by Crippen LogP contribution is -2.32. The van der Waals surface area contributed by atoms with Crippen LogP contribution in [0.15, 0.2) is 12.2 Å². The Balaban J connectivity index is 3.37. The van der Waals surface area contributed by atoms with Crippen LogP contribution in [-0.2, 0) is 9.53 Å². The predicted octanol–water partition coefficient (Wildman–Crippen LogP) is 4.57. The van der Waals surface area contributed by atoms with E-state index >= 15 is 0 Å². The first-order chi connectivity index (χ1) is 10.0. The van der Waals surface area contributed by atoms with Crippen molar-refractivity contribution in [2.45, 2.75) is 78.7 Å². The summed E-state index contributed by atoms with van der Waals surface area (Å²) in [6, 6.07) is 0.710. The van der Waals surface area contributed by atoms with Gasteiger partial charge in [-0.25, -0.2) is 4.79 Å². The second-order valence-electron chi connectivity index (χ2n) is 5.90. The highest BCUT2D eigenvalue weighted by molar-refractivity contribution is 5.86. The molecule has 3 heteroatoms. The van der Waals surface area contributed by atoms with Crippen LogP contribution in [0.3, 0.4) is 0 Å². The lowest BCUT2D eigenvalue weighted by atomic mass is 10.1. The molecule has 0 spiro atoms. The molecule has 0 amide bonds. The van der Waals surface area contributed by atoms with Crippen LogP contribution in [0, 0.1) is 0 Å². The molecule has 0 bridgehead atoms. The smallest absolute Gasteiger partial charge is 0.333 e. The summed E-state index contributed by atoms with van der Waals surface area (Å²) in [4.78, 5) is 13.7. The van der Waals surface area contributed by atoms with Gasteiger partial charge >= 0.3 is 5.97 Å². The fraction of sp³-hybridized carbons (Fsp3) is 0.833. The molecule has 0 radical (unpaired) electrons. The van der Waals surface area contributed by atoms with Crippen LogP contribution < -0.4 is 0 Å². The Bertz CT molecular complexity index is 285. The molecular formula is C18H35NO2. The molecule has 0 N–H and O–H groups in total. The Morgan fingerprint density at radius 1 is 1.05 bits per heavy atom. The van der Waals surface area contributed by atoms with Gasteiger partial charge in [0.05, 0.1) is 6.61 Å². The Hall–Kier alpha value is -0.830. The summed E-state index contributed by atoms with van der Waals surface area (Å²) < 4.78 is 5.07. The summed E-state index contributed by atoms with van der Waals surface area (Å²) in [6.07, 6.45) is 8.59. The summed E-state index contributed by atoms with van der Waals surface area (Å²) in [7, 11) is 0. The maximum absolute atomic E-state index is 11.2. The Labute approximate surface area is 131 Å². The number of unbranched alkanes of at least 4 members (excludes halogenated alkanes) is 5. The second kappa shape index (κ2) is 12.9. The molecule has 0 aromatic heterocycles. The van der Waals surface area contributed by atoms with Crippen LogP contribution in [0.4, 0.5) is 0 Å². The van der Waals surface area contributed by atoms with E-state index in [1.54, 1.807) is 6.92 Å². The second-order valence-corrected chi connectivity index (χ2v) is 5.90. The van der Waals surface area contributed by atoms with E-state index in [4.69, 9.17) is 4.74 Å². The minimum absolute atomic E-state index is 0.264. The number of esters is 1. The van der Waals surface area contributed by atoms with E-state index in [0.29, 0.717) is 18.2 Å². The van der Waals surface area contributed by atoms with Gasteiger partial charge in [0.1, 0.15) is 0 Å². The molecule has 0 aromatic rings. The Kier molecular flexibility index (Phi) is 12.4. The maximum Gasteiger partial charge on any atom is 0.333 e. The van der Waals surface area contributed by atoms with Gasteiger partial charge in [-0.2, -0.15) is 0 Å². The van der Waals surface area contributed by atoms with E-state index in [1.807, 2.05) is 0 Å². The van der Waals surface area contributed by atoms with Gasteiger partial charge in [-0.1, -0.05) is 52.5 Å². The average Bonchev–Trinajstić information content (AvgIpc) is 2.46. The third-order valence-corrected chi connectivity index (χ3v) is 4.03. The van der Waals surface area contributed by atoms with Crippen LogP contribution in [0.2, 0.25) is 0 Å². The molecule has 0 aliphatic heterocycles. The summed E-state index contributed by atoms with van der Waals surface area (Å²) in [6.45, 7) is 14.9. The molecule has 0 fully saturated rings. The molecule has 0 aliphatic carbocycles. The zero-order chi connectivity index (χ0) is 16.1. The van der Waals surface area contributed by atoms with Gasteiger partial charge < -0.3 is 9.64 Å². The molecule has 0 saturated heterocycles. The number of hydrogen-bond donors (Lipinski definition) is 0. The van der Waals surface area contributed by atoms with Crippen molar-refractivity contribution in [3.8, 4) is 0 Å².